The highest BCUT2D eigenvalue weighted by Crippen LogP contribution is 2.39. The summed E-state index contributed by atoms with van der Waals surface area (Å²) >= 11 is -2.05. The lowest BCUT2D eigenvalue weighted by Gasteiger charge is -2.31. The van der Waals surface area contributed by atoms with Crippen LogP contribution in [0.3, 0.4) is 0 Å². The fraction of sp³-hybridized carbons (Fsp3) is 0.536. The van der Waals surface area contributed by atoms with Crippen molar-refractivity contribution in [2.75, 3.05) is 5.32 Å². The van der Waals surface area contributed by atoms with Gasteiger partial charge in [0.1, 0.15) is 5.75 Å². The molecule has 2 rings (SSSR count). The van der Waals surface area contributed by atoms with E-state index in [1.165, 1.54) is 17.7 Å². The summed E-state index contributed by atoms with van der Waals surface area (Å²) in [5.41, 5.74) is 2.92. The average molecular weight is 488 g/mol. The smallest absolute Gasteiger partial charge is 0.265 e. The Morgan fingerprint density at radius 2 is 1.62 bits per heavy atom. The molecule has 0 heterocycles. The molecule has 2 atom stereocenters. The van der Waals surface area contributed by atoms with Crippen LogP contribution in [-0.2, 0) is 26.7 Å². The van der Waals surface area contributed by atoms with Crippen LogP contribution < -0.4 is 10.1 Å². The van der Waals surface area contributed by atoms with Crippen molar-refractivity contribution in [3.05, 3.63) is 53.6 Å². The summed E-state index contributed by atoms with van der Waals surface area (Å²) in [6.07, 6.45) is 3.78. The molecule has 0 saturated carbocycles. The molecule has 0 aromatic heterocycles. The van der Waals surface area contributed by atoms with Crippen molar-refractivity contribution >= 4 is 22.7 Å². The number of rotatable bonds is 12. The van der Waals surface area contributed by atoms with Crippen LogP contribution in [0.25, 0.3) is 0 Å². The van der Waals surface area contributed by atoms with Gasteiger partial charge in [-0.3, -0.25) is 4.79 Å². The lowest BCUT2D eigenvalue weighted by atomic mass is 9.76. The molecule has 0 radical (unpaired) electrons. The number of nitrogens with one attached hydrogen (secondary N) is 1. The first-order valence-corrected chi connectivity index (χ1v) is 13.4. The van der Waals surface area contributed by atoms with E-state index in [0.29, 0.717) is 17.0 Å². The third-order valence-electron chi connectivity index (χ3n) is 6.96. The Balaban J connectivity index is 2.37. The van der Waals surface area contributed by atoms with Gasteiger partial charge in [0, 0.05) is 11.3 Å². The van der Waals surface area contributed by atoms with E-state index in [-0.39, 0.29) is 16.7 Å². The first-order valence-electron chi connectivity index (χ1n) is 12.3. The van der Waals surface area contributed by atoms with Crippen molar-refractivity contribution in [3.63, 3.8) is 0 Å². The summed E-state index contributed by atoms with van der Waals surface area (Å²) in [4.78, 5) is 13.5. The molecule has 34 heavy (non-hydrogen) atoms. The zero-order valence-electron chi connectivity index (χ0n) is 21.7. The monoisotopic (exact) mass is 487 g/mol. The fourth-order valence-electron chi connectivity index (χ4n) is 3.64. The molecule has 188 valence electrons. The predicted octanol–water partition coefficient (Wildman–Crippen LogP) is 7.22. The Morgan fingerprint density at radius 1 is 1.00 bits per heavy atom. The van der Waals surface area contributed by atoms with Crippen LogP contribution in [0.2, 0.25) is 0 Å². The van der Waals surface area contributed by atoms with Gasteiger partial charge in [0.05, 0.1) is 4.90 Å². The van der Waals surface area contributed by atoms with Gasteiger partial charge in [-0.05, 0) is 72.4 Å². The second kappa shape index (κ2) is 12.0. The van der Waals surface area contributed by atoms with Crippen LogP contribution in [0.1, 0.15) is 91.7 Å². The molecule has 0 fully saturated rings. The van der Waals surface area contributed by atoms with Gasteiger partial charge in [-0.1, -0.05) is 67.0 Å². The standard InChI is InChI=1S/C28H41NO4S/c1-8-11-12-25(26(30)29-21-14-16-22(17-15-21)34(31)32)33-24-18-13-20(27(4,5)9-2)19-23(24)28(6,7)10-3/h13-19,25H,8-12H2,1-7H3,(H,29,30)(H,31,32). The molecule has 1 amide bonds. The zero-order valence-corrected chi connectivity index (χ0v) is 22.6. The lowest BCUT2D eigenvalue weighted by molar-refractivity contribution is -0.123. The molecule has 0 aliphatic carbocycles. The third-order valence-corrected chi connectivity index (χ3v) is 7.64. The minimum absolute atomic E-state index is 0.0560. The molecule has 0 spiro atoms. The van der Waals surface area contributed by atoms with E-state index in [1.807, 2.05) is 6.07 Å². The number of hydrogen-bond donors (Lipinski definition) is 2. The van der Waals surface area contributed by atoms with E-state index >= 15 is 0 Å². The van der Waals surface area contributed by atoms with Crippen molar-refractivity contribution in [2.24, 2.45) is 0 Å². The summed E-state index contributed by atoms with van der Waals surface area (Å²) < 4.78 is 26.9. The predicted molar refractivity (Wildman–Crippen MR) is 141 cm³/mol. The molecular weight excluding hydrogens is 446 g/mol. The summed E-state index contributed by atoms with van der Waals surface area (Å²) in [6.45, 7) is 15.4. The highest BCUT2D eigenvalue weighted by atomic mass is 32.2. The van der Waals surface area contributed by atoms with Crippen LogP contribution in [0.4, 0.5) is 5.69 Å². The molecule has 6 heteroatoms. The molecule has 2 unspecified atom stereocenters. The molecule has 0 saturated heterocycles. The largest absolute Gasteiger partial charge is 0.480 e. The molecule has 0 bridgehead atoms. The van der Waals surface area contributed by atoms with E-state index in [0.717, 1.165) is 37.0 Å². The second-order valence-electron chi connectivity index (χ2n) is 10.2. The van der Waals surface area contributed by atoms with Gasteiger partial charge in [0.2, 0.25) is 0 Å². The van der Waals surface area contributed by atoms with Gasteiger partial charge in [0.25, 0.3) is 5.91 Å². The molecule has 2 aromatic carbocycles. The van der Waals surface area contributed by atoms with E-state index in [4.69, 9.17) is 4.74 Å². The number of hydrogen-bond acceptors (Lipinski definition) is 3. The third kappa shape index (κ3) is 7.16. The van der Waals surface area contributed by atoms with Crippen LogP contribution in [0, 0.1) is 0 Å². The Kier molecular flexibility index (Phi) is 9.89. The van der Waals surface area contributed by atoms with Crippen LogP contribution in [-0.4, -0.2) is 20.8 Å². The highest BCUT2D eigenvalue weighted by molar-refractivity contribution is 7.79. The SMILES string of the molecule is CCCCC(Oc1ccc(C(C)(C)CC)cc1C(C)(C)CC)C(=O)Nc1ccc(S(=O)O)cc1. The second-order valence-corrected chi connectivity index (χ2v) is 11.2. The van der Waals surface area contributed by atoms with E-state index in [2.05, 4.69) is 65.9 Å². The number of ether oxygens (including phenoxy) is 1. The van der Waals surface area contributed by atoms with Gasteiger partial charge in [-0.2, -0.15) is 0 Å². The first-order chi connectivity index (χ1) is 15.9. The van der Waals surface area contributed by atoms with Crippen molar-refractivity contribution < 1.29 is 18.3 Å². The first kappa shape index (κ1) is 28.1. The number of benzene rings is 2. The molecule has 0 aliphatic heterocycles. The Hall–Kier alpha value is -2.18. The van der Waals surface area contributed by atoms with Crippen molar-refractivity contribution in [1.29, 1.82) is 0 Å². The molecule has 0 aliphatic rings. The topological polar surface area (TPSA) is 75.6 Å². The van der Waals surface area contributed by atoms with Crippen molar-refractivity contribution in [2.45, 2.75) is 102 Å². The number of unbranched alkanes of at least 4 members (excludes halogenated alkanes) is 1. The van der Waals surface area contributed by atoms with Crippen LogP contribution in [0.5, 0.6) is 5.75 Å². The van der Waals surface area contributed by atoms with Crippen LogP contribution in [0.15, 0.2) is 47.4 Å². The summed E-state index contributed by atoms with van der Waals surface area (Å²) in [5, 5.41) is 2.91. The summed E-state index contributed by atoms with van der Waals surface area (Å²) in [7, 11) is 0. The van der Waals surface area contributed by atoms with Crippen molar-refractivity contribution in [1.82, 2.24) is 0 Å². The number of carbonyl (C=O) groups excluding carboxylic acids is 1. The minimum Gasteiger partial charge on any atom is -0.480 e. The summed E-state index contributed by atoms with van der Waals surface area (Å²) in [6, 6.07) is 12.7. The van der Waals surface area contributed by atoms with E-state index < -0.39 is 17.2 Å². The van der Waals surface area contributed by atoms with Crippen LogP contribution >= 0.6 is 0 Å². The number of carbonyl (C=O) groups is 1. The van der Waals surface area contributed by atoms with E-state index in [1.54, 1.807) is 12.1 Å². The Labute approximate surface area is 208 Å². The Morgan fingerprint density at radius 3 is 2.15 bits per heavy atom. The Bertz CT molecular complexity index is 982. The van der Waals surface area contributed by atoms with Gasteiger partial charge in [-0.15, -0.1) is 0 Å². The lowest BCUT2D eigenvalue weighted by Crippen LogP contribution is -2.34. The number of amides is 1. The maximum atomic E-state index is 13.2. The highest BCUT2D eigenvalue weighted by Gasteiger charge is 2.29. The molecule has 5 nitrogen and oxygen atoms in total. The molecule has 2 N–H and O–H groups in total. The fourth-order valence-corrected chi connectivity index (χ4v) is 4.01. The van der Waals surface area contributed by atoms with Gasteiger partial charge in [-0.25, -0.2) is 4.21 Å². The quantitative estimate of drug-likeness (QED) is 0.310. The van der Waals surface area contributed by atoms with Gasteiger partial charge >= 0.3 is 0 Å². The zero-order chi connectivity index (χ0) is 25.5. The molecular formula is C28H41NO4S. The number of anilines is 1. The van der Waals surface area contributed by atoms with Crippen molar-refractivity contribution in [3.8, 4) is 5.75 Å². The molecule has 2 aromatic rings. The normalized spacial score (nSPS) is 13.9. The van der Waals surface area contributed by atoms with Gasteiger partial charge in [0.15, 0.2) is 17.2 Å². The maximum Gasteiger partial charge on any atom is 0.265 e. The minimum atomic E-state index is -2.05. The summed E-state index contributed by atoms with van der Waals surface area (Å²) in [5.74, 6) is 0.536. The van der Waals surface area contributed by atoms with E-state index in [9.17, 15) is 13.6 Å². The maximum absolute atomic E-state index is 13.2. The van der Waals surface area contributed by atoms with Gasteiger partial charge < -0.3 is 14.6 Å². The average Bonchev–Trinajstić information content (AvgIpc) is 2.81.